The van der Waals surface area contributed by atoms with E-state index < -0.39 is 0 Å². The third-order valence-electron chi connectivity index (χ3n) is 4.69. The minimum atomic E-state index is 0.105. The Morgan fingerprint density at radius 1 is 1.08 bits per heavy atom. The number of para-hydroxylation sites is 1. The van der Waals surface area contributed by atoms with Gasteiger partial charge in [-0.15, -0.1) is 0 Å². The molecule has 3 rings (SSSR count). The second kappa shape index (κ2) is 9.60. The van der Waals surface area contributed by atoms with Crippen molar-refractivity contribution in [2.45, 2.75) is 19.4 Å². The van der Waals surface area contributed by atoms with Gasteiger partial charge in [0, 0.05) is 17.5 Å². The fraction of sp³-hybridized carbons (Fsp3) is 0.381. The van der Waals surface area contributed by atoms with E-state index >= 15 is 0 Å². The van der Waals surface area contributed by atoms with Crippen molar-refractivity contribution in [3.63, 3.8) is 0 Å². The number of benzene rings is 2. The van der Waals surface area contributed by atoms with Crippen molar-refractivity contribution in [1.29, 1.82) is 0 Å². The van der Waals surface area contributed by atoms with Gasteiger partial charge in [-0.25, -0.2) is 0 Å². The SMILES string of the molecule is O=C(NCCOc1ccccc1)C1CCN(Cc2ccc(Cl)cc2)CC1. The largest absolute Gasteiger partial charge is 0.492 e. The molecule has 138 valence electrons. The molecule has 2 aromatic rings. The molecule has 1 aliphatic heterocycles. The van der Waals surface area contributed by atoms with Gasteiger partial charge in [0.1, 0.15) is 12.4 Å². The molecule has 0 radical (unpaired) electrons. The van der Waals surface area contributed by atoms with Gasteiger partial charge in [0.15, 0.2) is 0 Å². The first kappa shape index (κ1) is 18.7. The molecule has 1 N–H and O–H groups in total. The zero-order valence-corrected chi connectivity index (χ0v) is 15.6. The van der Waals surface area contributed by atoms with Crippen LogP contribution < -0.4 is 10.1 Å². The van der Waals surface area contributed by atoms with Gasteiger partial charge in [0.05, 0.1) is 6.54 Å². The molecule has 26 heavy (non-hydrogen) atoms. The van der Waals surface area contributed by atoms with Crippen molar-refractivity contribution in [2.24, 2.45) is 5.92 Å². The first-order valence-electron chi connectivity index (χ1n) is 9.13. The van der Waals surface area contributed by atoms with Gasteiger partial charge in [0.2, 0.25) is 5.91 Å². The maximum absolute atomic E-state index is 12.3. The van der Waals surface area contributed by atoms with E-state index in [1.807, 2.05) is 42.5 Å². The summed E-state index contributed by atoms with van der Waals surface area (Å²) in [5.74, 6) is 1.08. The van der Waals surface area contributed by atoms with E-state index in [4.69, 9.17) is 16.3 Å². The highest BCUT2D eigenvalue weighted by Crippen LogP contribution is 2.20. The molecule has 0 saturated carbocycles. The number of amides is 1. The van der Waals surface area contributed by atoms with Crippen LogP contribution in [0.15, 0.2) is 54.6 Å². The quantitative estimate of drug-likeness (QED) is 0.752. The number of halogens is 1. The lowest BCUT2D eigenvalue weighted by Gasteiger charge is -2.31. The van der Waals surface area contributed by atoms with Gasteiger partial charge in [-0.2, -0.15) is 0 Å². The van der Waals surface area contributed by atoms with Crippen LogP contribution in [0.1, 0.15) is 18.4 Å². The molecular weight excluding hydrogens is 348 g/mol. The number of nitrogens with zero attached hydrogens (tertiary/aromatic N) is 1. The highest BCUT2D eigenvalue weighted by molar-refractivity contribution is 6.30. The molecule has 0 aliphatic carbocycles. The Labute approximate surface area is 160 Å². The molecule has 1 heterocycles. The van der Waals surface area contributed by atoms with Crippen molar-refractivity contribution in [3.05, 3.63) is 65.2 Å². The van der Waals surface area contributed by atoms with Crippen LogP contribution in [0.25, 0.3) is 0 Å². The van der Waals surface area contributed by atoms with E-state index in [1.54, 1.807) is 0 Å². The number of likely N-dealkylation sites (tertiary alicyclic amines) is 1. The van der Waals surface area contributed by atoms with Crippen LogP contribution in [-0.2, 0) is 11.3 Å². The van der Waals surface area contributed by atoms with E-state index in [9.17, 15) is 4.79 Å². The van der Waals surface area contributed by atoms with Crippen LogP contribution in [0.2, 0.25) is 5.02 Å². The molecule has 0 aromatic heterocycles. The molecule has 0 bridgehead atoms. The monoisotopic (exact) mass is 372 g/mol. The van der Waals surface area contributed by atoms with Gasteiger partial charge >= 0.3 is 0 Å². The van der Waals surface area contributed by atoms with Crippen molar-refractivity contribution < 1.29 is 9.53 Å². The summed E-state index contributed by atoms with van der Waals surface area (Å²) < 4.78 is 5.60. The predicted molar refractivity (Wildman–Crippen MR) is 104 cm³/mol. The molecule has 2 aromatic carbocycles. The maximum atomic E-state index is 12.3. The van der Waals surface area contributed by atoms with Crippen molar-refractivity contribution >= 4 is 17.5 Å². The highest BCUT2D eigenvalue weighted by Gasteiger charge is 2.24. The number of hydrogen-bond donors (Lipinski definition) is 1. The first-order chi connectivity index (χ1) is 12.7. The average molecular weight is 373 g/mol. The Balaban J connectivity index is 1.33. The number of rotatable bonds is 7. The summed E-state index contributed by atoms with van der Waals surface area (Å²) in [6.07, 6.45) is 1.80. The van der Waals surface area contributed by atoms with E-state index in [1.165, 1.54) is 5.56 Å². The minimum Gasteiger partial charge on any atom is -0.492 e. The van der Waals surface area contributed by atoms with Gasteiger partial charge in [-0.3, -0.25) is 9.69 Å². The Hall–Kier alpha value is -2.04. The molecule has 0 unspecified atom stereocenters. The normalized spacial score (nSPS) is 15.6. The van der Waals surface area contributed by atoms with Crippen LogP contribution in [0.3, 0.4) is 0 Å². The van der Waals surface area contributed by atoms with Gasteiger partial charge in [0.25, 0.3) is 0 Å². The van der Waals surface area contributed by atoms with Crippen molar-refractivity contribution in [1.82, 2.24) is 10.2 Å². The molecule has 5 heteroatoms. The second-order valence-corrected chi connectivity index (χ2v) is 7.07. The molecule has 1 fully saturated rings. The number of hydrogen-bond acceptors (Lipinski definition) is 3. The fourth-order valence-electron chi connectivity index (χ4n) is 3.21. The lowest BCUT2D eigenvalue weighted by atomic mass is 9.95. The van der Waals surface area contributed by atoms with E-state index in [2.05, 4.69) is 22.3 Å². The van der Waals surface area contributed by atoms with E-state index in [-0.39, 0.29) is 11.8 Å². The maximum Gasteiger partial charge on any atom is 0.223 e. The van der Waals surface area contributed by atoms with Crippen LogP contribution in [0, 0.1) is 5.92 Å². The predicted octanol–water partition coefficient (Wildman–Crippen LogP) is 3.75. The zero-order valence-electron chi connectivity index (χ0n) is 14.9. The highest BCUT2D eigenvalue weighted by atomic mass is 35.5. The summed E-state index contributed by atoms with van der Waals surface area (Å²) in [4.78, 5) is 14.7. The first-order valence-corrected chi connectivity index (χ1v) is 9.51. The summed E-state index contributed by atoms with van der Waals surface area (Å²) in [7, 11) is 0. The van der Waals surface area contributed by atoms with Crippen LogP contribution in [-0.4, -0.2) is 37.0 Å². The third-order valence-corrected chi connectivity index (χ3v) is 4.94. The Kier molecular flexibility index (Phi) is 6.92. The molecule has 4 nitrogen and oxygen atoms in total. The molecule has 1 aliphatic rings. The van der Waals surface area contributed by atoms with E-state index in [0.717, 1.165) is 43.2 Å². The zero-order chi connectivity index (χ0) is 18.2. The van der Waals surface area contributed by atoms with Crippen LogP contribution >= 0.6 is 11.6 Å². The standard InChI is InChI=1S/C21H25ClN2O2/c22-19-8-6-17(7-9-19)16-24-13-10-18(11-14-24)21(25)23-12-15-26-20-4-2-1-3-5-20/h1-9,18H,10-16H2,(H,23,25). The molecular formula is C21H25ClN2O2. The van der Waals surface area contributed by atoms with Crippen molar-refractivity contribution in [3.8, 4) is 5.75 Å². The lowest BCUT2D eigenvalue weighted by Crippen LogP contribution is -2.41. The number of piperidine rings is 1. The number of nitrogens with one attached hydrogen (secondary N) is 1. The summed E-state index contributed by atoms with van der Waals surface area (Å²) in [6.45, 7) is 3.84. The summed E-state index contributed by atoms with van der Waals surface area (Å²) >= 11 is 5.93. The Morgan fingerprint density at radius 2 is 1.77 bits per heavy atom. The number of carbonyl (C=O) groups is 1. The molecule has 1 amide bonds. The summed E-state index contributed by atoms with van der Waals surface area (Å²) in [6, 6.07) is 17.6. The van der Waals surface area contributed by atoms with Crippen molar-refractivity contribution in [2.75, 3.05) is 26.2 Å². The smallest absolute Gasteiger partial charge is 0.223 e. The summed E-state index contributed by atoms with van der Waals surface area (Å²) in [5, 5.41) is 3.76. The van der Waals surface area contributed by atoms with Gasteiger partial charge < -0.3 is 10.1 Å². The van der Waals surface area contributed by atoms with Crippen LogP contribution in [0.4, 0.5) is 0 Å². The number of carbonyl (C=O) groups excluding carboxylic acids is 1. The average Bonchev–Trinajstić information content (AvgIpc) is 2.68. The fourth-order valence-corrected chi connectivity index (χ4v) is 3.33. The molecule has 0 spiro atoms. The Morgan fingerprint density at radius 3 is 2.46 bits per heavy atom. The third kappa shape index (κ3) is 5.75. The minimum absolute atomic E-state index is 0.105. The molecule has 1 saturated heterocycles. The lowest BCUT2D eigenvalue weighted by molar-refractivity contribution is -0.126. The molecule has 0 atom stereocenters. The Bertz CT molecular complexity index is 683. The van der Waals surface area contributed by atoms with Gasteiger partial charge in [-0.05, 0) is 55.8 Å². The van der Waals surface area contributed by atoms with Gasteiger partial charge in [-0.1, -0.05) is 41.9 Å². The topological polar surface area (TPSA) is 41.6 Å². The second-order valence-electron chi connectivity index (χ2n) is 6.63. The summed E-state index contributed by atoms with van der Waals surface area (Å²) in [5.41, 5.74) is 1.26. The van der Waals surface area contributed by atoms with Crippen LogP contribution in [0.5, 0.6) is 5.75 Å². The number of ether oxygens (including phenoxy) is 1. The van der Waals surface area contributed by atoms with E-state index in [0.29, 0.717) is 13.2 Å².